The second-order valence-electron chi connectivity index (χ2n) is 5.71. The summed E-state index contributed by atoms with van der Waals surface area (Å²) in [6, 6.07) is 0. The average molecular weight is 309 g/mol. The molecule has 116 valence electrons. The first-order valence-electron chi connectivity index (χ1n) is 7.91. The third kappa shape index (κ3) is 3.95. The molecule has 3 rings (SSSR count). The highest BCUT2D eigenvalue weighted by molar-refractivity contribution is 7.13. The van der Waals surface area contributed by atoms with E-state index in [4.69, 9.17) is 9.72 Å². The zero-order chi connectivity index (χ0) is 14.5. The first kappa shape index (κ1) is 14.8. The van der Waals surface area contributed by atoms with E-state index in [1.165, 1.54) is 19.3 Å². The highest BCUT2D eigenvalue weighted by atomic mass is 32.1. The Bertz CT molecular complexity index is 465. The maximum absolute atomic E-state index is 11.8. The van der Waals surface area contributed by atoms with Crippen LogP contribution in [0, 0.1) is 0 Å². The van der Waals surface area contributed by atoms with Gasteiger partial charge in [0.2, 0.25) is 5.91 Å². The summed E-state index contributed by atoms with van der Waals surface area (Å²) in [7, 11) is 0. The molecule has 2 fully saturated rings. The van der Waals surface area contributed by atoms with Gasteiger partial charge in [-0.25, -0.2) is 4.98 Å². The van der Waals surface area contributed by atoms with Gasteiger partial charge in [0.15, 0.2) is 5.13 Å². The van der Waals surface area contributed by atoms with Crippen LogP contribution in [-0.4, -0.2) is 43.2 Å². The van der Waals surface area contributed by atoms with Crippen molar-refractivity contribution < 1.29 is 9.53 Å². The average Bonchev–Trinajstić information content (AvgIpc) is 3.20. The number of anilines is 1. The fourth-order valence-electron chi connectivity index (χ4n) is 2.85. The maximum Gasteiger partial charge on any atom is 0.249 e. The summed E-state index contributed by atoms with van der Waals surface area (Å²) in [5, 5.41) is 6.20. The van der Waals surface area contributed by atoms with Gasteiger partial charge in [-0.1, -0.05) is 0 Å². The van der Waals surface area contributed by atoms with Crippen molar-refractivity contribution in [2.24, 2.45) is 0 Å². The number of piperidine rings is 1. The van der Waals surface area contributed by atoms with E-state index in [9.17, 15) is 4.79 Å². The molecular weight excluding hydrogens is 286 g/mol. The van der Waals surface area contributed by atoms with E-state index in [1.54, 1.807) is 11.3 Å². The van der Waals surface area contributed by atoms with Gasteiger partial charge in [-0.05, 0) is 32.1 Å². The molecule has 0 aromatic carbocycles. The number of nitrogens with zero attached hydrogens (tertiary/aromatic N) is 2. The van der Waals surface area contributed by atoms with Crippen molar-refractivity contribution in [2.45, 2.75) is 44.6 Å². The second-order valence-corrected chi connectivity index (χ2v) is 6.55. The molecule has 2 aliphatic rings. The van der Waals surface area contributed by atoms with Crippen LogP contribution >= 0.6 is 11.3 Å². The lowest BCUT2D eigenvalue weighted by Gasteiger charge is -2.25. The maximum atomic E-state index is 11.8. The third-order valence-corrected chi connectivity index (χ3v) is 5.02. The molecule has 0 radical (unpaired) electrons. The molecule has 1 unspecified atom stereocenters. The number of ether oxygens (including phenoxy) is 1. The van der Waals surface area contributed by atoms with Gasteiger partial charge in [-0.2, -0.15) is 0 Å². The number of rotatable bonds is 5. The lowest BCUT2D eigenvalue weighted by atomic mass is 10.1. The summed E-state index contributed by atoms with van der Waals surface area (Å²) in [5.74, 6) is 0.0268. The molecule has 1 N–H and O–H groups in total. The number of carbonyl (C=O) groups is 1. The van der Waals surface area contributed by atoms with Crippen molar-refractivity contribution in [1.29, 1.82) is 0 Å². The van der Waals surface area contributed by atoms with E-state index in [1.807, 2.05) is 0 Å². The highest BCUT2D eigenvalue weighted by Gasteiger charge is 2.23. The van der Waals surface area contributed by atoms with Gasteiger partial charge in [0.1, 0.15) is 6.10 Å². The highest BCUT2D eigenvalue weighted by Crippen LogP contribution is 2.24. The minimum atomic E-state index is -0.232. The Morgan fingerprint density at radius 3 is 3.00 bits per heavy atom. The first-order valence-corrected chi connectivity index (χ1v) is 8.79. The van der Waals surface area contributed by atoms with Crippen LogP contribution in [0.5, 0.6) is 0 Å². The van der Waals surface area contributed by atoms with Crippen LogP contribution in [0.2, 0.25) is 0 Å². The quantitative estimate of drug-likeness (QED) is 0.903. The molecule has 3 heterocycles. The van der Waals surface area contributed by atoms with Crippen LogP contribution < -0.4 is 10.2 Å². The number of hydrogen-bond acceptors (Lipinski definition) is 5. The number of amides is 1. The molecular formula is C15H23N3O2S. The summed E-state index contributed by atoms with van der Waals surface area (Å²) < 4.78 is 5.37. The third-order valence-electron chi connectivity index (χ3n) is 4.07. The van der Waals surface area contributed by atoms with Crippen LogP contribution in [0.4, 0.5) is 5.13 Å². The molecule has 0 spiro atoms. The lowest BCUT2D eigenvalue weighted by Crippen LogP contribution is -2.35. The SMILES string of the molecule is O=C(NCCc1csc(N2CCCCC2)n1)C1CCCO1. The van der Waals surface area contributed by atoms with Crippen LogP contribution in [0.1, 0.15) is 37.8 Å². The Balaban J connectivity index is 1.43. The molecule has 2 saturated heterocycles. The smallest absolute Gasteiger partial charge is 0.249 e. The molecule has 1 amide bonds. The largest absolute Gasteiger partial charge is 0.368 e. The molecule has 5 nitrogen and oxygen atoms in total. The van der Waals surface area contributed by atoms with Crippen LogP contribution in [0.3, 0.4) is 0 Å². The minimum absolute atomic E-state index is 0.0268. The molecule has 1 aromatic rings. The van der Waals surface area contributed by atoms with Crippen molar-refractivity contribution in [3.63, 3.8) is 0 Å². The zero-order valence-corrected chi connectivity index (χ0v) is 13.2. The van der Waals surface area contributed by atoms with Crippen molar-refractivity contribution in [3.05, 3.63) is 11.1 Å². The lowest BCUT2D eigenvalue weighted by molar-refractivity contribution is -0.129. The first-order chi connectivity index (χ1) is 10.3. The van der Waals surface area contributed by atoms with Gasteiger partial charge >= 0.3 is 0 Å². The van der Waals surface area contributed by atoms with Crippen molar-refractivity contribution in [2.75, 3.05) is 31.1 Å². The topological polar surface area (TPSA) is 54.5 Å². The number of hydrogen-bond donors (Lipinski definition) is 1. The summed E-state index contributed by atoms with van der Waals surface area (Å²) in [4.78, 5) is 18.9. The van der Waals surface area contributed by atoms with Gasteiger partial charge < -0.3 is 15.0 Å². The number of nitrogens with one attached hydrogen (secondary N) is 1. The molecule has 0 aliphatic carbocycles. The normalized spacial score (nSPS) is 22.5. The van der Waals surface area contributed by atoms with Gasteiger partial charge in [0.25, 0.3) is 0 Å². The van der Waals surface area contributed by atoms with E-state index in [2.05, 4.69) is 15.6 Å². The monoisotopic (exact) mass is 309 g/mol. The van der Waals surface area contributed by atoms with Crippen LogP contribution in [-0.2, 0) is 16.0 Å². The van der Waals surface area contributed by atoms with Crippen LogP contribution in [0.25, 0.3) is 0 Å². The molecule has 1 aromatic heterocycles. The molecule has 2 aliphatic heterocycles. The Labute approximate surface area is 129 Å². The van der Waals surface area contributed by atoms with E-state index < -0.39 is 0 Å². The fourth-order valence-corrected chi connectivity index (χ4v) is 3.77. The predicted molar refractivity (Wildman–Crippen MR) is 83.9 cm³/mol. The van der Waals surface area contributed by atoms with E-state index >= 15 is 0 Å². The molecule has 6 heteroatoms. The Morgan fingerprint density at radius 2 is 2.24 bits per heavy atom. The van der Waals surface area contributed by atoms with Crippen LogP contribution in [0.15, 0.2) is 5.38 Å². The van der Waals surface area contributed by atoms with E-state index in [-0.39, 0.29) is 12.0 Å². The van der Waals surface area contributed by atoms with Gasteiger partial charge in [-0.15, -0.1) is 11.3 Å². The summed E-state index contributed by atoms with van der Waals surface area (Å²) in [5.41, 5.74) is 1.08. The summed E-state index contributed by atoms with van der Waals surface area (Å²) in [6.07, 6.45) is 6.28. The summed E-state index contributed by atoms with van der Waals surface area (Å²) in [6.45, 7) is 3.61. The van der Waals surface area contributed by atoms with Gasteiger partial charge in [0, 0.05) is 38.0 Å². The Kier molecular flexibility index (Phi) is 5.08. The second kappa shape index (κ2) is 7.22. The van der Waals surface area contributed by atoms with Crippen molar-refractivity contribution >= 4 is 22.4 Å². The number of carbonyl (C=O) groups excluding carboxylic acids is 1. The number of aromatic nitrogens is 1. The zero-order valence-electron chi connectivity index (χ0n) is 12.3. The standard InChI is InChI=1S/C15H23N3O2S/c19-14(13-5-4-10-20-13)16-7-6-12-11-21-15(17-12)18-8-2-1-3-9-18/h11,13H,1-10H2,(H,16,19). The van der Waals surface area contributed by atoms with Gasteiger partial charge in [0.05, 0.1) is 5.69 Å². The fraction of sp³-hybridized carbons (Fsp3) is 0.733. The van der Waals surface area contributed by atoms with E-state index in [0.717, 1.165) is 43.2 Å². The van der Waals surface area contributed by atoms with Gasteiger partial charge in [-0.3, -0.25) is 4.79 Å². The Morgan fingerprint density at radius 1 is 1.38 bits per heavy atom. The molecule has 0 bridgehead atoms. The predicted octanol–water partition coefficient (Wildman–Crippen LogP) is 1.97. The minimum Gasteiger partial charge on any atom is -0.368 e. The van der Waals surface area contributed by atoms with Crippen molar-refractivity contribution in [3.8, 4) is 0 Å². The number of thiazole rings is 1. The summed E-state index contributed by atoms with van der Waals surface area (Å²) >= 11 is 1.72. The van der Waals surface area contributed by atoms with E-state index in [0.29, 0.717) is 13.2 Å². The molecule has 1 atom stereocenters. The molecule has 0 saturated carbocycles. The molecule has 21 heavy (non-hydrogen) atoms. The van der Waals surface area contributed by atoms with Crippen molar-refractivity contribution in [1.82, 2.24) is 10.3 Å². The Hall–Kier alpha value is -1.14.